The molecule has 0 saturated heterocycles. The summed E-state index contributed by atoms with van der Waals surface area (Å²) in [6.07, 6.45) is 3.25. The molecule has 0 aliphatic rings. The maximum Gasteiger partial charge on any atom is 0.232 e. The fourth-order valence-corrected chi connectivity index (χ4v) is 2.70. The lowest BCUT2D eigenvalue weighted by molar-refractivity contribution is -0.120. The molecule has 112 valence electrons. The van der Waals surface area contributed by atoms with Gasteiger partial charge in [0.1, 0.15) is 0 Å². The highest BCUT2D eigenvalue weighted by molar-refractivity contribution is 7.92. The highest BCUT2D eigenvalue weighted by atomic mass is 32.2. The van der Waals surface area contributed by atoms with E-state index in [4.69, 9.17) is 0 Å². The quantitative estimate of drug-likeness (QED) is 0.744. The number of sulfonamides is 1. The molecule has 0 aliphatic heterocycles. The number of nitrogens with zero attached hydrogens (tertiary/aromatic N) is 1. The van der Waals surface area contributed by atoms with Crippen molar-refractivity contribution in [3.63, 3.8) is 0 Å². The third kappa shape index (κ3) is 5.61. The van der Waals surface area contributed by atoms with E-state index in [1.54, 1.807) is 24.3 Å². The van der Waals surface area contributed by atoms with Gasteiger partial charge < -0.3 is 5.32 Å². The van der Waals surface area contributed by atoms with Crippen molar-refractivity contribution in [2.45, 2.75) is 26.2 Å². The number of nitrogens with one attached hydrogen (secondary N) is 1. The largest absolute Gasteiger partial charge is 0.356 e. The van der Waals surface area contributed by atoms with Gasteiger partial charge in [0.15, 0.2) is 0 Å². The molecule has 0 atom stereocenters. The van der Waals surface area contributed by atoms with Crippen LogP contribution in [0.25, 0.3) is 0 Å². The highest BCUT2D eigenvalue weighted by Gasteiger charge is 2.17. The number of hydrogen-bond acceptors (Lipinski definition) is 3. The molecule has 0 aliphatic carbocycles. The Labute approximate surface area is 121 Å². The van der Waals surface area contributed by atoms with E-state index in [0.29, 0.717) is 12.2 Å². The van der Waals surface area contributed by atoms with Gasteiger partial charge in [-0.25, -0.2) is 8.42 Å². The van der Waals surface area contributed by atoms with Crippen LogP contribution in [-0.4, -0.2) is 33.7 Å². The molecule has 1 amide bonds. The Kier molecular flexibility index (Phi) is 6.51. The number of benzene rings is 1. The molecule has 0 radical (unpaired) electrons. The first kappa shape index (κ1) is 16.5. The molecule has 0 unspecified atom stereocenters. The Morgan fingerprint density at radius 2 is 1.90 bits per heavy atom. The zero-order valence-corrected chi connectivity index (χ0v) is 12.8. The summed E-state index contributed by atoms with van der Waals surface area (Å²) in [5.74, 6) is -0.122. The van der Waals surface area contributed by atoms with Gasteiger partial charge in [0, 0.05) is 19.5 Å². The predicted octanol–water partition coefficient (Wildman–Crippen LogP) is 1.76. The van der Waals surface area contributed by atoms with Crippen LogP contribution in [0.2, 0.25) is 0 Å². The Morgan fingerprint density at radius 3 is 2.45 bits per heavy atom. The average molecular weight is 298 g/mol. The first-order valence-electron chi connectivity index (χ1n) is 6.74. The van der Waals surface area contributed by atoms with E-state index in [0.717, 1.165) is 19.1 Å². The van der Waals surface area contributed by atoms with Crippen LogP contribution >= 0.6 is 0 Å². The predicted molar refractivity (Wildman–Crippen MR) is 81.2 cm³/mol. The summed E-state index contributed by atoms with van der Waals surface area (Å²) < 4.78 is 24.9. The first-order valence-corrected chi connectivity index (χ1v) is 8.59. The van der Waals surface area contributed by atoms with Crippen LogP contribution in [-0.2, 0) is 14.8 Å². The number of unbranched alkanes of at least 4 members (excludes halogenated alkanes) is 1. The Morgan fingerprint density at radius 1 is 1.25 bits per heavy atom. The van der Waals surface area contributed by atoms with Gasteiger partial charge in [-0.05, 0) is 18.6 Å². The molecule has 1 rings (SSSR count). The average Bonchev–Trinajstić information content (AvgIpc) is 2.39. The standard InChI is InChI=1S/C14H22N2O3S/c1-3-4-11-15-14(17)10-12-16(20(2,18)19)13-8-6-5-7-9-13/h5-9H,3-4,10-12H2,1-2H3,(H,15,17). The smallest absolute Gasteiger partial charge is 0.232 e. The van der Waals surface area contributed by atoms with E-state index >= 15 is 0 Å². The van der Waals surface area contributed by atoms with Crippen LogP contribution in [0.5, 0.6) is 0 Å². The van der Waals surface area contributed by atoms with Crippen LogP contribution in [0.1, 0.15) is 26.2 Å². The topological polar surface area (TPSA) is 66.5 Å². The zero-order chi connectivity index (χ0) is 15.0. The van der Waals surface area contributed by atoms with Gasteiger partial charge in [0.05, 0.1) is 11.9 Å². The molecular weight excluding hydrogens is 276 g/mol. The fraction of sp³-hybridized carbons (Fsp3) is 0.500. The molecule has 0 heterocycles. The number of hydrogen-bond donors (Lipinski definition) is 1. The van der Waals surface area contributed by atoms with E-state index in [2.05, 4.69) is 5.32 Å². The van der Waals surface area contributed by atoms with Gasteiger partial charge in [-0.2, -0.15) is 0 Å². The van der Waals surface area contributed by atoms with Gasteiger partial charge in [0.2, 0.25) is 15.9 Å². The summed E-state index contributed by atoms with van der Waals surface area (Å²) in [5.41, 5.74) is 0.580. The molecular formula is C14H22N2O3S. The van der Waals surface area contributed by atoms with Crippen molar-refractivity contribution in [1.29, 1.82) is 0 Å². The minimum Gasteiger partial charge on any atom is -0.356 e. The van der Waals surface area contributed by atoms with Gasteiger partial charge >= 0.3 is 0 Å². The SMILES string of the molecule is CCCCNC(=O)CCN(c1ccccc1)S(C)(=O)=O. The summed E-state index contributed by atoms with van der Waals surface area (Å²) in [6.45, 7) is 2.84. The molecule has 0 spiro atoms. The number of amides is 1. The second-order valence-corrected chi connectivity index (χ2v) is 6.53. The molecule has 1 aromatic carbocycles. The minimum atomic E-state index is -3.39. The molecule has 0 aromatic heterocycles. The number of anilines is 1. The van der Waals surface area contributed by atoms with Crippen LogP contribution < -0.4 is 9.62 Å². The second kappa shape index (κ2) is 7.89. The summed E-state index contributed by atoms with van der Waals surface area (Å²) in [4.78, 5) is 11.6. The normalized spacial score (nSPS) is 11.1. The lowest BCUT2D eigenvalue weighted by Gasteiger charge is -2.22. The maximum atomic E-state index is 11.8. The Balaban J connectivity index is 2.62. The Bertz CT molecular complexity index is 514. The van der Waals surface area contributed by atoms with E-state index in [9.17, 15) is 13.2 Å². The molecule has 20 heavy (non-hydrogen) atoms. The minimum absolute atomic E-state index is 0.122. The van der Waals surface area contributed by atoms with E-state index in [1.165, 1.54) is 4.31 Å². The van der Waals surface area contributed by atoms with Crippen molar-refractivity contribution < 1.29 is 13.2 Å². The molecule has 1 aromatic rings. The van der Waals surface area contributed by atoms with E-state index in [-0.39, 0.29) is 18.9 Å². The van der Waals surface area contributed by atoms with Crippen molar-refractivity contribution in [2.75, 3.05) is 23.7 Å². The maximum absolute atomic E-state index is 11.8. The number of carbonyl (C=O) groups is 1. The van der Waals surface area contributed by atoms with Crippen molar-refractivity contribution in [3.05, 3.63) is 30.3 Å². The van der Waals surface area contributed by atoms with Gasteiger partial charge in [-0.15, -0.1) is 0 Å². The second-order valence-electron chi connectivity index (χ2n) is 4.62. The third-order valence-electron chi connectivity index (χ3n) is 2.84. The fourth-order valence-electron chi connectivity index (χ4n) is 1.78. The van der Waals surface area contributed by atoms with Gasteiger partial charge in [-0.3, -0.25) is 9.10 Å². The number of carbonyl (C=O) groups excluding carboxylic acids is 1. The van der Waals surface area contributed by atoms with Crippen molar-refractivity contribution >= 4 is 21.6 Å². The molecule has 5 nitrogen and oxygen atoms in total. The van der Waals surface area contributed by atoms with Gasteiger partial charge in [0.25, 0.3) is 0 Å². The van der Waals surface area contributed by atoms with Crippen molar-refractivity contribution in [3.8, 4) is 0 Å². The number of rotatable bonds is 8. The van der Waals surface area contributed by atoms with Crippen molar-refractivity contribution in [2.24, 2.45) is 0 Å². The van der Waals surface area contributed by atoms with E-state index in [1.807, 2.05) is 13.0 Å². The monoisotopic (exact) mass is 298 g/mol. The van der Waals surface area contributed by atoms with Crippen molar-refractivity contribution in [1.82, 2.24) is 5.32 Å². The first-order chi connectivity index (χ1) is 9.45. The lowest BCUT2D eigenvalue weighted by Crippen LogP contribution is -2.34. The van der Waals surface area contributed by atoms with Crippen LogP contribution in [0.15, 0.2) is 30.3 Å². The lowest BCUT2D eigenvalue weighted by atomic mass is 10.3. The molecule has 0 fully saturated rings. The molecule has 0 bridgehead atoms. The summed E-state index contributed by atoms with van der Waals surface area (Å²) in [6, 6.07) is 8.80. The molecule has 6 heteroatoms. The summed E-state index contributed by atoms with van der Waals surface area (Å²) in [7, 11) is -3.39. The zero-order valence-electron chi connectivity index (χ0n) is 12.0. The summed E-state index contributed by atoms with van der Waals surface area (Å²) >= 11 is 0. The number of para-hydroxylation sites is 1. The third-order valence-corrected chi connectivity index (χ3v) is 4.03. The van der Waals surface area contributed by atoms with Crippen LogP contribution in [0, 0.1) is 0 Å². The Hall–Kier alpha value is -1.56. The van der Waals surface area contributed by atoms with Gasteiger partial charge in [-0.1, -0.05) is 31.5 Å². The summed E-state index contributed by atoms with van der Waals surface area (Å²) in [5, 5.41) is 2.78. The van der Waals surface area contributed by atoms with E-state index < -0.39 is 10.0 Å². The molecule has 1 N–H and O–H groups in total. The molecule has 0 saturated carbocycles. The van der Waals surface area contributed by atoms with Crippen LogP contribution in [0.4, 0.5) is 5.69 Å². The van der Waals surface area contributed by atoms with Crippen LogP contribution in [0.3, 0.4) is 0 Å². The highest BCUT2D eigenvalue weighted by Crippen LogP contribution is 2.16.